The van der Waals surface area contributed by atoms with Crippen molar-refractivity contribution in [3.8, 4) is 0 Å². The molecule has 0 aliphatic carbocycles. The predicted octanol–water partition coefficient (Wildman–Crippen LogP) is 2.06. The Kier molecular flexibility index (Phi) is 7.19. The molecular weight excluding hydrogens is 376 g/mol. The monoisotopic (exact) mass is 394 g/mol. The van der Waals surface area contributed by atoms with Crippen LogP contribution < -0.4 is 11.1 Å². The van der Waals surface area contributed by atoms with E-state index < -0.39 is 23.9 Å². The van der Waals surface area contributed by atoms with Crippen molar-refractivity contribution in [3.05, 3.63) is 57.8 Å². The fourth-order valence-corrected chi connectivity index (χ4v) is 4.04. The quantitative estimate of drug-likeness (QED) is 0.512. The van der Waals surface area contributed by atoms with Gasteiger partial charge in [0.25, 0.3) is 5.91 Å². The second-order valence-electron chi connectivity index (χ2n) is 5.37. The molecule has 2 aromatic rings. The molecule has 2 atom stereocenters. The Morgan fingerprint density at radius 3 is 2.35 bits per heavy atom. The smallest absolute Gasteiger partial charge is 0.336 e. The van der Waals surface area contributed by atoms with Gasteiger partial charge in [0, 0.05) is 22.4 Å². The van der Waals surface area contributed by atoms with Gasteiger partial charge in [-0.1, -0.05) is 18.2 Å². The molecule has 0 saturated heterocycles. The summed E-state index contributed by atoms with van der Waals surface area (Å²) in [7, 11) is 0. The predicted molar refractivity (Wildman–Crippen MR) is 101 cm³/mol. The molecule has 0 spiro atoms. The Balaban J connectivity index is 1.96. The van der Waals surface area contributed by atoms with Crippen molar-refractivity contribution in [3.63, 3.8) is 0 Å². The zero-order chi connectivity index (χ0) is 19.1. The standard InChI is InChI=1S/C17H18N2O5S2/c18-12(14-6-3-7-26-14)8-25-9-13(17(23)24)19-15(20)10-4-1-2-5-11(10)16(21)22/h1-7,12-13H,8-9,18H2,(H,19,20)(H,21,22)(H,23,24)/t12-,13-/m0/s1. The number of aliphatic carboxylic acids is 1. The second-order valence-corrected chi connectivity index (χ2v) is 7.43. The number of carboxylic acid groups (broad SMARTS) is 2. The number of rotatable bonds is 9. The van der Waals surface area contributed by atoms with Crippen molar-refractivity contribution >= 4 is 40.9 Å². The van der Waals surface area contributed by atoms with Crippen molar-refractivity contribution in [1.29, 1.82) is 0 Å². The van der Waals surface area contributed by atoms with Crippen molar-refractivity contribution < 1.29 is 24.6 Å². The van der Waals surface area contributed by atoms with Gasteiger partial charge in [0.15, 0.2) is 0 Å². The molecule has 1 aromatic carbocycles. The first kappa shape index (κ1) is 20.0. The van der Waals surface area contributed by atoms with Crippen LogP contribution in [0, 0.1) is 0 Å². The van der Waals surface area contributed by atoms with Crippen molar-refractivity contribution in [2.75, 3.05) is 11.5 Å². The van der Waals surface area contributed by atoms with Crippen molar-refractivity contribution in [2.24, 2.45) is 5.73 Å². The average molecular weight is 394 g/mol. The highest BCUT2D eigenvalue weighted by atomic mass is 32.2. The lowest BCUT2D eigenvalue weighted by atomic mass is 10.1. The number of amides is 1. The van der Waals surface area contributed by atoms with Gasteiger partial charge >= 0.3 is 11.9 Å². The third-order valence-corrected chi connectivity index (χ3v) is 5.66. The van der Waals surface area contributed by atoms with E-state index >= 15 is 0 Å². The molecule has 0 saturated carbocycles. The lowest BCUT2D eigenvalue weighted by Gasteiger charge is -2.16. The van der Waals surface area contributed by atoms with Gasteiger partial charge in [-0.2, -0.15) is 11.8 Å². The molecule has 1 amide bonds. The molecular formula is C17H18N2O5S2. The first-order valence-corrected chi connectivity index (χ1v) is 9.66. The van der Waals surface area contributed by atoms with E-state index in [1.165, 1.54) is 47.4 Å². The summed E-state index contributed by atoms with van der Waals surface area (Å²) in [6.07, 6.45) is 0. The van der Waals surface area contributed by atoms with Crippen LogP contribution in [0.15, 0.2) is 41.8 Å². The van der Waals surface area contributed by atoms with E-state index in [1.54, 1.807) is 0 Å². The Bertz CT molecular complexity index is 779. The minimum Gasteiger partial charge on any atom is -0.480 e. The Hall–Kier alpha value is -2.36. The second kappa shape index (κ2) is 9.37. The van der Waals surface area contributed by atoms with Crippen LogP contribution in [0.3, 0.4) is 0 Å². The third kappa shape index (κ3) is 5.32. The number of carbonyl (C=O) groups is 3. The number of hydrogen-bond acceptors (Lipinski definition) is 6. The molecule has 1 heterocycles. The molecule has 0 unspecified atom stereocenters. The summed E-state index contributed by atoms with van der Waals surface area (Å²) in [5, 5.41) is 22.8. The Morgan fingerprint density at radius 2 is 1.77 bits per heavy atom. The molecule has 5 N–H and O–H groups in total. The normalized spacial score (nSPS) is 13.0. The average Bonchev–Trinajstić information content (AvgIpc) is 3.15. The molecule has 1 aromatic heterocycles. The van der Waals surface area contributed by atoms with E-state index in [4.69, 9.17) is 10.8 Å². The van der Waals surface area contributed by atoms with E-state index in [9.17, 15) is 19.5 Å². The van der Waals surface area contributed by atoms with Crippen LogP contribution in [0.4, 0.5) is 0 Å². The van der Waals surface area contributed by atoms with E-state index in [0.717, 1.165) is 4.88 Å². The van der Waals surface area contributed by atoms with Gasteiger partial charge < -0.3 is 21.3 Å². The fourth-order valence-electron chi connectivity index (χ4n) is 2.18. The van der Waals surface area contributed by atoms with Gasteiger partial charge in [-0.3, -0.25) is 4.79 Å². The van der Waals surface area contributed by atoms with Crippen LogP contribution in [0.2, 0.25) is 0 Å². The fraction of sp³-hybridized carbons (Fsp3) is 0.235. The molecule has 26 heavy (non-hydrogen) atoms. The Labute approximate surface area is 158 Å². The maximum absolute atomic E-state index is 12.3. The lowest BCUT2D eigenvalue weighted by molar-refractivity contribution is -0.138. The number of carboxylic acids is 2. The first-order valence-electron chi connectivity index (χ1n) is 7.63. The van der Waals surface area contributed by atoms with Gasteiger partial charge in [0.05, 0.1) is 11.1 Å². The molecule has 0 fully saturated rings. The van der Waals surface area contributed by atoms with Crippen LogP contribution in [-0.4, -0.2) is 45.6 Å². The Morgan fingerprint density at radius 1 is 1.08 bits per heavy atom. The highest BCUT2D eigenvalue weighted by Crippen LogP contribution is 2.21. The lowest BCUT2D eigenvalue weighted by Crippen LogP contribution is -2.43. The van der Waals surface area contributed by atoms with Crippen LogP contribution in [-0.2, 0) is 4.79 Å². The largest absolute Gasteiger partial charge is 0.480 e. The number of thiophene rings is 1. The summed E-state index contributed by atoms with van der Waals surface area (Å²) in [4.78, 5) is 35.9. The molecule has 0 aliphatic rings. The molecule has 0 bridgehead atoms. The number of nitrogens with two attached hydrogens (primary N) is 1. The van der Waals surface area contributed by atoms with Crippen LogP contribution in [0.5, 0.6) is 0 Å². The zero-order valence-corrected chi connectivity index (χ0v) is 15.3. The molecule has 7 nitrogen and oxygen atoms in total. The number of thioether (sulfide) groups is 1. The zero-order valence-electron chi connectivity index (χ0n) is 13.6. The van der Waals surface area contributed by atoms with E-state index in [0.29, 0.717) is 5.75 Å². The topological polar surface area (TPSA) is 130 Å². The number of nitrogens with one attached hydrogen (secondary N) is 1. The summed E-state index contributed by atoms with van der Waals surface area (Å²) < 4.78 is 0. The maximum Gasteiger partial charge on any atom is 0.336 e. The molecule has 2 rings (SSSR count). The molecule has 138 valence electrons. The summed E-state index contributed by atoms with van der Waals surface area (Å²) in [6, 6.07) is 8.10. The van der Waals surface area contributed by atoms with Gasteiger partial charge in [-0.25, -0.2) is 9.59 Å². The van der Waals surface area contributed by atoms with Gasteiger partial charge in [0.2, 0.25) is 0 Å². The highest BCUT2D eigenvalue weighted by Gasteiger charge is 2.23. The van der Waals surface area contributed by atoms with Crippen LogP contribution in [0.25, 0.3) is 0 Å². The summed E-state index contributed by atoms with van der Waals surface area (Å²) in [5.74, 6) is -2.55. The number of hydrogen-bond donors (Lipinski definition) is 4. The summed E-state index contributed by atoms with van der Waals surface area (Å²) in [5.41, 5.74) is 5.78. The van der Waals surface area contributed by atoms with Crippen molar-refractivity contribution in [1.82, 2.24) is 5.32 Å². The minimum absolute atomic E-state index is 0.0773. The van der Waals surface area contributed by atoms with E-state index in [-0.39, 0.29) is 22.9 Å². The maximum atomic E-state index is 12.3. The van der Waals surface area contributed by atoms with Gasteiger partial charge in [-0.05, 0) is 23.6 Å². The first-order chi connectivity index (χ1) is 12.4. The summed E-state index contributed by atoms with van der Waals surface area (Å²) in [6.45, 7) is 0. The summed E-state index contributed by atoms with van der Waals surface area (Å²) >= 11 is 2.84. The SMILES string of the molecule is N[C@@H](CSC[C@H](NC(=O)c1ccccc1C(=O)O)C(=O)O)c1cccs1. The van der Waals surface area contributed by atoms with Gasteiger partial charge in [0.1, 0.15) is 6.04 Å². The minimum atomic E-state index is -1.25. The van der Waals surface area contributed by atoms with E-state index in [1.807, 2.05) is 17.5 Å². The van der Waals surface area contributed by atoms with Crippen LogP contribution >= 0.6 is 23.1 Å². The molecule has 9 heteroatoms. The van der Waals surface area contributed by atoms with E-state index in [2.05, 4.69) is 5.32 Å². The third-order valence-electron chi connectivity index (χ3n) is 3.50. The van der Waals surface area contributed by atoms with Crippen LogP contribution in [0.1, 0.15) is 31.6 Å². The number of carbonyl (C=O) groups excluding carboxylic acids is 1. The molecule has 0 aliphatic heterocycles. The number of aromatic carboxylic acids is 1. The highest BCUT2D eigenvalue weighted by molar-refractivity contribution is 7.99. The number of benzene rings is 1. The van der Waals surface area contributed by atoms with Crippen molar-refractivity contribution in [2.45, 2.75) is 12.1 Å². The van der Waals surface area contributed by atoms with Gasteiger partial charge in [-0.15, -0.1) is 11.3 Å². The molecule has 0 radical (unpaired) electrons.